The Bertz CT molecular complexity index is 924. The molecule has 7 heteroatoms. The number of amides is 2. The van der Waals surface area contributed by atoms with Gasteiger partial charge in [0.25, 0.3) is 0 Å². The SMILES string of the molecule is CN(CCCNC(=O)C1CCCc2sc(NC(=O)CC3CCCCC3)nc21)c1ccccc1. The number of fused-ring (bicyclic) bond motifs is 1. The molecule has 1 aromatic heterocycles. The molecule has 2 amide bonds. The number of benzene rings is 1. The van der Waals surface area contributed by atoms with Crippen molar-refractivity contribution in [2.24, 2.45) is 5.92 Å². The molecule has 1 saturated carbocycles. The van der Waals surface area contributed by atoms with Crippen LogP contribution in [0.15, 0.2) is 30.3 Å². The minimum absolute atomic E-state index is 0.0590. The Labute approximate surface area is 201 Å². The van der Waals surface area contributed by atoms with E-state index in [1.54, 1.807) is 11.3 Å². The second-order valence-corrected chi connectivity index (χ2v) is 10.5. The molecule has 2 aliphatic carbocycles. The van der Waals surface area contributed by atoms with Gasteiger partial charge in [-0.25, -0.2) is 4.98 Å². The average Bonchev–Trinajstić information content (AvgIpc) is 3.25. The summed E-state index contributed by atoms with van der Waals surface area (Å²) in [4.78, 5) is 33.5. The Morgan fingerprint density at radius 2 is 1.88 bits per heavy atom. The van der Waals surface area contributed by atoms with Gasteiger partial charge >= 0.3 is 0 Å². The van der Waals surface area contributed by atoms with Crippen molar-refractivity contribution in [2.45, 2.75) is 70.1 Å². The smallest absolute Gasteiger partial charge is 0.229 e. The minimum atomic E-state index is -0.208. The maximum absolute atomic E-state index is 12.9. The number of nitrogens with one attached hydrogen (secondary N) is 2. The van der Waals surface area contributed by atoms with Gasteiger partial charge in [-0.1, -0.05) is 37.5 Å². The predicted molar refractivity (Wildman–Crippen MR) is 135 cm³/mol. The van der Waals surface area contributed by atoms with Gasteiger partial charge in [-0.3, -0.25) is 9.59 Å². The van der Waals surface area contributed by atoms with Gasteiger partial charge in [-0.05, 0) is 56.6 Å². The zero-order valence-electron chi connectivity index (χ0n) is 19.6. The van der Waals surface area contributed by atoms with Crippen LogP contribution in [0.3, 0.4) is 0 Å². The molecular weight excluding hydrogens is 432 g/mol. The van der Waals surface area contributed by atoms with Crippen LogP contribution in [-0.4, -0.2) is 36.9 Å². The van der Waals surface area contributed by atoms with Gasteiger partial charge in [-0.15, -0.1) is 11.3 Å². The number of carbonyl (C=O) groups excluding carboxylic acids is 2. The molecule has 2 N–H and O–H groups in total. The van der Waals surface area contributed by atoms with Crippen LogP contribution in [0, 0.1) is 5.92 Å². The molecule has 1 heterocycles. The quantitative estimate of drug-likeness (QED) is 0.501. The van der Waals surface area contributed by atoms with Crippen molar-refractivity contribution in [2.75, 3.05) is 30.4 Å². The second-order valence-electron chi connectivity index (χ2n) is 9.43. The van der Waals surface area contributed by atoms with Crippen molar-refractivity contribution in [3.8, 4) is 0 Å². The van der Waals surface area contributed by atoms with E-state index in [0.29, 0.717) is 24.0 Å². The molecule has 178 valence electrons. The third-order valence-electron chi connectivity index (χ3n) is 6.88. The van der Waals surface area contributed by atoms with Gasteiger partial charge in [-0.2, -0.15) is 0 Å². The molecule has 33 heavy (non-hydrogen) atoms. The zero-order chi connectivity index (χ0) is 23.0. The fraction of sp³-hybridized carbons (Fsp3) is 0.577. The van der Waals surface area contributed by atoms with Crippen LogP contribution < -0.4 is 15.5 Å². The Kier molecular flexibility index (Phi) is 8.37. The molecule has 1 aromatic carbocycles. The standard InChI is InChI=1S/C26H36N4O2S/c1-30(20-12-6-3-7-13-20)17-9-16-27-25(32)21-14-8-15-22-24(21)29-26(33-22)28-23(31)18-19-10-4-2-5-11-19/h3,6-7,12-13,19,21H,2,4-5,8-11,14-18H2,1H3,(H,27,32)(H,28,29,31). The molecule has 6 nitrogen and oxygen atoms in total. The van der Waals surface area contributed by atoms with Crippen LogP contribution in [0.5, 0.6) is 0 Å². The summed E-state index contributed by atoms with van der Waals surface area (Å²) < 4.78 is 0. The molecule has 4 rings (SSSR count). The maximum Gasteiger partial charge on any atom is 0.229 e. The molecule has 0 bridgehead atoms. The van der Waals surface area contributed by atoms with Crippen molar-refractivity contribution < 1.29 is 9.59 Å². The van der Waals surface area contributed by atoms with E-state index in [-0.39, 0.29) is 17.7 Å². The molecule has 2 aromatic rings. The van der Waals surface area contributed by atoms with Gasteiger partial charge < -0.3 is 15.5 Å². The summed E-state index contributed by atoms with van der Waals surface area (Å²) in [7, 11) is 2.07. The van der Waals surface area contributed by atoms with Crippen LogP contribution in [0.1, 0.15) is 74.3 Å². The second kappa shape index (κ2) is 11.6. The van der Waals surface area contributed by atoms with E-state index >= 15 is 0 Å². The predicted octanol–water partition coefficient (Wildman–Crippen LogP) is 5.11. The topological polar surface area (TPSA) is 74.3 Å². The third kappa shape index (κ3) is 6.56. The summed E-state index contributed by atoms with van der Waals surface area (Å²) in [6.45, 7) is 1.53. The first kappa shape index (κ1) is 23.7. The van der Waals surface area contributed by atoms with Crippen molar-refractivity contribution in [3.63, 3.8) is 0 Å². The van der Waals surface area contributed by atoms with Gasteiger partial charge in [0.1, 0.15) is 0 Å². The highest BCUT2D eigenvalue weighted by Crippen LogP contribution is 2.37. The summed E-state index contributed by atoms with van der Waals surface area (Å²) in [6, 6.07) is 10.3. The fourth-order valence-corrected chi connectivity index (χ4v) is 6.09. The Morgan fingerprint density at radius 3 is 2.67 bits per heavy atom. The highest BCUT2D eigenvalue weighted by Gasteiger charge is 2.30. The van der Waals surface area contributed by atoms with E-state index < -0.39 is 0 Å². The van der Waals surface area contributed by atoms with E-state index in [4.69, 9.17) is 4.98 Å². The maximum atomic E-state index is 12.9. The first-order valence-corrected chi connectivity index (χ1v) is 13.2. The highest BCUT2D eigenvalue weighted by atomic mass is 32.1. The van der Waals surface area contributed by atoms with E-state index in [2.05, 4.69) is 34.7 Å². The largest absolute Gasteiger partial charge is 0.375 e. The summed E-state index contributed by atoms with van der Waals surface area (Å²) in [5, 5.41) is 6.79. The number of rotatable bonds is 9. The molecule has 0 spiro atoms. The van der Waals surface area contributed by atoms with Crippen molar-refractivity contribution in [1.29, 1.82) is 0 Å². The monoisotopic (exact) mass is 468 g/mol. The number of aromatic nitrogens is 1. The summed E-state index contributed by atoms with van der Waals surface area (Å²) in [6.07, 6.45) is 10.3. The molecule has 1 unspecified atom stereocenters. The van der Waals surface area contributed by atoms with Gasteiger partial charge in [0.2, 0.25) is 11.8 Å². The fourth-order valence-electron chi connectivity index (χ4n) is 5.01. The van der Waals surface area contributed by atoms with Crippen LogP contribution in [0.4, 0.5) is 10.8 Å². The van der Waals surface area contributed by atoms with Crippen molar-refractivity contribution >= 4 is 34.0 Å². The number of aryl methyl sites for hydroxylation is 1. The zero-order valence-corrected chi connectivity index (χ0v) is 20.5. The van der Waals surface area contributed by atoms with Gasteiger partial charge in [0.05, 0.1) is 11.6 Å². The molecule has 1 fully saturated rings. The molecule has 0 aliphatic heterocycles. The van der Waals surface area contributed by atoms with Crippen molar-refractivity contribution in [1.82, 2.24) is 10.3 Å². The number of para-hydroxylation sites is 1. The van der Waals surface area contributed by atoms with Crippen LogP contribution in [0.2, 0.25) is 0 Å². The lowest BCUT2D eigenvalue weighted by Gasteiger charge is -2.22. The van der Waals surface area contributed by atoms with E-state index in [1.807, 2.05) is 18.2 Å². The number of anilines is 2. The Balaban J connectivity index is 1.26. The first-order chi connectivity index (χ1) is 16.1. The van der Waals surface area contributed by atoms with E-state index in [0.717, 1.165) is 55.6 Å². The molecule has 0 saturated heterocycles. The van der Waals surface area contributed by atoms with Crippen molar-refractivity contribution in [3.05, 3.63) is 40.9 Å². The summed E-state index contributed by atoms with van der Waals surface area (Å²) in [5.74, 6) is 0.425. The number of thiazole rings is 1. The van der Waals surface area contributed by atoms with Gasteiger partial charge in [0, 0.05) is 37.1 Å². The van der Waals surface area contributed by atoms with Crippen LogP contribution in [0.25, 0.3) is 0 Å². The van der Waals surface area contributed by atoms with Crippen LogP contribution in [-0.2, 0) is 16.0 Å². The number of hydrogen-bond donors (Lipinski definition) is 2. The van der Waals surface area contributed by atoms with E-state index in [1.165, 1.54) is 24.9 Å². The summed E-state index contributed by atoms with van der Waals surface area (Å²) >= 11 is 1.55. The van der Waals surface area contributed by atoms with E-state index in [9.17, 15) is 9.59 Å². The lowest BCUT2D eigenvalue weighted by atomic mass is 9.87. The minimum Gasteiger partial charge on any atom is -0.375 e. The lowest BCUT2D eigenvalue weighted by Crippen LogP contribution is -2.33. The molecular formula is C26H36N4O2S. The number of hydrogen-bond acceptors (Lipinski definition) is 5. The number of carbonyl (C=O) groups is 2. The first-order valence-electron chi connectivity index (χ1n) is 12.4. The Hall–Kier alpha value is -2.41. The molecule has 1 atom stereocenters. The third-order valence-corrected chi connectivity index (χ3v) is 7.93. The number of nitrogens with zero attached hydrogens (tertiary/aromatic N) is 2. The normalized spacial score (nSPS) is 18.4. The molecule has 0 radical (unpaired) electrons. The van der Waals surface area contributed by atoms with Crippen LogP contribution >= 0.6 is 11.3 Å². The summed E-state index contributed by atoms with van der Waals surface area (Å²) in [5.41, 5.74) is 2.06. The highest BCUT2D eigenvalue weighted by molar-refractivity contribution is 7.15. The Morgan fingerprint density at radius 1 is 1.09 bits per heavy atom. The van der Waals surface area contributed by atoms with Gasteiger partial charge in [0.15, 0.2) is 5.13 Å². The average molecular weight is 469 g/mol. The lowest BCUT2D eigenvalue weighted by molar-refractivity contribution is -0.123. The molecule has 2 aliphatic rings.